The molecule has 0 saturated heterocycles. The molecule has 39 heavy (non-hydrogen) atoms. The molecule has 2 heterocycles. The minimum absolute atomic E-state index is 0.0943. The maximum absolute atomic E-state index is 13.9. The fraction of sp³-hybridized carbons (Fsp3) is 0.357. The van der Waals surface area contributed by atoms with Gasteiger partial charge in [0.1, 0.15) is 16.9 Å². The Bertz CT molecular complexity index is 1440. The van der Waals surface area contributed by atoms with Crippen LogP contribution in [-0.4, -0.2) is 48.5 Å². The first kappa shape index (κ1) is 28.6. The molecular formula is C28H32F2N6O2S. The van der Waals surface area contributed by atoms with Gasteiger partial charge < -0.3 is 16.2 Å². The maximum Gasteiger partial charge on any atom is 0.317 e. The summed E-state index contributed by atoms with van der Waals surface area (Å²) in [4.78, 5) is 17.0. The number of carboxylic acids is 1. The summed E-state index contributed by atoms with van der Waals surface area (Å²) in [7, 11) is 0. The average Bonchev–Trinajstić information content (AvgIpc) is 3.27. The van der Waals surface area contributed by atoms with Crippen molar-refractivity contribution in [2.75, 3.05) is 6.54 Å². The molecule has 0 aliphatic carbocycles. The molecule has 0 radical (unpaired) electrons. The molecule has 0 aliphatic rings. The molecule has 2 aromatic carbocycles. The SMILES string of the molecule is CCc1cccc(CNCC(C(N)Cc2cc(F)cc(F)c2)[C@H](Sc2nnc3nc(C)cc(C)n23)C(=O)O)c1. The molecule has 11 heteroatoms. The first-order valence-electron chi connectivity index (χ1n) is 12.7. The van der Waals surface area contributed by atoms with Crippen LogP contribution in [0.25, 0.3) is 5.78 Å². The Morgan fingerprint density at radius 2 is 1.79 bits per heavy atom. The van der Waals surface area contributed by atoms with Crippen LogP contribution in [0, 0.1) is 31.4 Å². The van der Waals surface area contributed by atoms with Crippen molar-refractivity contribution >= 4 is 23.5 Å². The molecular weight excluding hydrogens is 522 g/mol. The Morgan fingerprint density at radius 3 is 2.49 bits per heavy atom. The first-order valence-corrected chi connectivity index (χ1v) is 13.6. The smallest absolute Gasteiger partial charge is 0.317 e. The van der Waals surface area contributed by atoms with Crippen LogP contribution in [0.5, 0.6) is 0 Å². The fourth-order valence-electron chi connectivity index (χ4n) is 4.69. The normalized spacial score (nSPS) is 13.9. The lowest BCUT2D eigenvalue weighted by molar-refractivity contribution is -0.137. The van der Waals surface area contributed by atoms with E-state index in [9.17, 15) is 18.7 Å². The quantitative estimate of drug-likeness (QED) is 0.224. The van der Waals surface area contributed by atoms with Gasteiger partial charge in [0.05, 0.1) is 0 Å². The summed E-state index contributed by atoms with van der Waals surface area (Å²) in [6.45, 7) is 6.57. The lowest BCUT2D eigenvalue weighted by Crippen LogP contribution is -2.47. The molecule has 0 amide bonds. The molecule has 3 atom stereocenters. The number of fused-ring (bicyclic) bond motifs is 1. The van der Waals surface area contributed by atoms with E-state index in [2.05, 4.69) is 39.6 Å². The molecule has 0 bridgehead atoms. The van der Waals surface area contributed by atoms with Crippen LogP contribution in [0.3, 0.4) is 0 Å². The topological polar surface area (TPSA) is 118 Å². The summed E-state index contributed by atoms with van der Waals surface area (Å²) >= 11 is 1.04. The van der Waals surface area contributed by atoms with Crippen LogP contribution in [0.1, 0.15) is 35.0 Å². The molecule has 4 aromatic rings. The predicted octanol–water partition coefficient (Wildman–Crippen LogP) is 4.10. The van der Waals surface area contributed by atoms with Crippen molar-refractivity contribution in [3.63, 3.8) is 0 Å². The van der Waals surface area contributed by atoms with Gasteiger partial charge in [-0.05, 0) is 61.6 Å². The molecule has 4 N–H and O–H groups in total. The van der Waals surface area contributed by atoms with E-state index in [4.69, 9.17) is 5.73 Å². The number of aliphatic carboxylic acids is 1. The number of carbonyl (C=O) groups is 1. The number of rotatable bonds is 12. The fourth-order valence-corrected chi connectivity index (χ4v) is 5.91. The van der Waals surface area contributed by atoms with E-state index in [-0.39, 0.29) is 13.0 Å². The third-order valence-electron chi connectivity index (χ3n) is 6.58. The van der Waals surface area contributed by atoms with Gasteiger partial charge in [0.2, 0.25) is 0 Å². The minimum atomic E-state index is -1.07. The number of nitrogens with two attached hydrogens (primary N) is 1. The average molecular weight is 555 g/mol. The Balaban J connectivity index is 1.61. The highest BCUT2D eigenvalue weighted by molar-refractivity contribution is 8.00. The largest absolute Gasteiger partial charge is 0.480 e. The molecule has 8 nitrogen and oxygen atoms in total. The summed E-state index contributed by atoms with van der Waals surface area (Å²) < 4.78 is 29.4. The Morgan fingerprint density at radius 1 is 1.08 bits per heavy atom. The van der Waals surface area contributed by atoms with Gasteiger partial charge in [0, 0.05) is 42.5 Å². The molecule has 2 unspecified atom stereocenters. The third-order valence-corrected chi connectivity index (χ3v) is 7.86. The number of thioether (sulfide) groups is 1. The lowest BCUT2D eigenvalue weighted by Gasteiger charge is -2.29. The van der Waals surface area contributed by atoms with Gasteiger partial charge in [-0.15, -0.1) is 10.2 Å². The predicted molar refractivity (Wildman–Crippen MR) is 147 cm³/mol. The van der Waals surface area contributed by atoms with E-state index in [1.807, 2.05) is 32.0 Å². The van der Waals surface area contributed by atoms with E-state index in [0.29, 0.717) is 23.0 Å². The van der Waals surface area contributed by atoms with Crippen LogP contribution >= 0.6 is 11.8 Å². The van der Waals surface area contributed by atoms with E-state index in [0.717, 1.165) is 41.2 Å². The summed E-state index contributed by atoms with van der Waals surface area (Å²) in [6, 6.07) is 12.5. The first-order chi connectivity index (χ1) is 18.6. The third kappa shape index (κ3) is 7.17. The van der Waals surface area contributed by atoms with Crippen LogP contribution in [0.4, 0.5) is 8.78 Å². The van der Waals surface area contributed by atoms with Gasteiger partial charge in [-0.2, -0.15) is 0 Å². The monoisotopic (exact) mass is 554 g/mol. The number of nitrogens with zero attached hydrogens (tertiary/aromatic N) is 4. The van der Waals surface area contributed by atoms with Crippen molar-refractivity contribution in [1.82, 2.24) is 24.9 Å². The van der Waals surface area contributed by atoms with Gasteiger partial charge >= 0.3 is 5.97 Å². The number of nitrogens with one attached hydrogen (secondary N) is 1. The Labute approximate surface area is 230 Å². The molecule has 0 fully saturated rings. The van der Waals surface area contributed by atoms with Crippen molar-refractivity contribution < 1.29 is 18.7 Å². The Kier molecular flexibility index (Phi) is 9.26. The van der Waals surface area contributed by atoms with Crippen LogP contribution < -0.4 is 11.1 Å². The number of aryl methyl sites for hydroxylation is 3. The zero-order valence-corrected chi connectivity index (χ0v) is 22.9. The summed E-state index contributed by atoms with van der Waals surface area (Å²) in [5.74, 6) is -2.74. The second kappa shape index (κ2) is 12.6. The zero-order valence-electron chi connectivity index (χ0n) is 22.1. The summed E-state index contributed by atoms with van der Waals surface area (Å²) in [6.07, 6.45) is 1.00. The van der Waals surface area contributed by atoms with Crippen molar-refractivity contribution in [1.29, 1.82) is 0 Å². The van der Waals surface area contributed by atoms with Crippen LogP contribution in [0.2, 0.25) is 0 Å². The van der Waals surface area contributed by atoms with Gasteiger partial charge in [-0.1, -0.05) is 43.0 Å². The second-order valence-electron chi connectivity index (χ2n) is 9.65. The zero-order chi connectivity index (χ0) is 28.1. The molecule has 206 valence electrons. The Hall–Kier alpha value is -3.41. The van der Waals surface area contributed by atoms with Crippen LogP contribution in [0.15, 0.2) is 53.7 Å². The van der Waals surface area contributed by atoms with E-state index >= 15 is 0 Å². The van der Waals surface area contributed by atoms with E-state index in [1.54, 1.807) is 4.40 Å². The molecule has 0 saturated carbocycles. The highest BCUT2D eigenvalue weighted by Gasteiger charge is 2.35. The van der Waals surface area contributed by atoms with Gasteiger partial charge in [-0.25, -0.2) is 13.8 Å². The lowest BCUT2D eigenvalue weighted by atomic mass is 9.90. The van der Waals surface area contributed by atoms with Gasteiger partial charge in [-0.3, -0.25) is 9.20 Å². The number of carboxylic acid groups (broad SMARTS) is 1. The number of benzene rings is 2. The van der Waals surface area contributed by atoms with Gasteiger partial charge in [0.25, 0.3) is 5.78 Å². The molecule has 2 aromatic heterocycles. The van der Waals surface area contributed by atoms with E-state index < -0.39 is 34.8 Å². The maximum atomic E-state index is 13.9. The summed E-state index contributed by atoms with van der Waals surface area (Å²) in [5.41, 5.74) is 10.8. The highest BCUT2D eigenvalue weighted by Crippen LogP contribution is 2.31. The van der Waals surface area contributed by atoms with E-state index in [1.165, 1.54) is 17.7 Å². The minimum Gasteiger partial charge on any atom is -0.480 e. The van der Waals surface area contributed by atoms with Crippen molar-refractivity contribution in [2.45, 2.75) is 56.6 Å². The number of hydrogen-bond acceptors (Lipinski definition) is 7. The van der Waals surface area contributed by atoms with Crippen molar-refractivity contribution in [3.05, 3.63) is 88.2 Å². The van der Waals surface area contributed by atoms with Crippen LogP contribution in [-0.2, 0) is 24.2 Å². The number of aromatic nitrogens is 4. The number of halogens is 2. The summed E-state index contributed by atoms with van der Waals surface area (Å²) in [5, 5.41) is 21.4. The van der Waals surface area contributed by atoms with Gasteiger partial charge in [0.15, 0.2) is 5.16 Å². The second-order valence-corrected chi connectivity index (χ2v) is 10.8. The van der Waals surface area contributed by atoms with Crippen molar-refractivity contribution in [2.24, 2.45) is 11.7 Å². The number of hydrogen-bond donors (Lipinski definition) is 3. The van der Waals surface area contributed by atoms with Crippen molar-refractivity contribution in [3.8, 4) is 0 Å². The standard InChI is InChI=1S/C28H32F2N6O2S/c1-4-18-6-5-7-19(9-18)14-32-15-23(24(31)12-20-10-21(29)13-22(30)11-20)25(26(37)38)39-28-35-34-27-33-16(2)8-17(3)36(27)28/h5-11,13,23-25,32H,4,12,14-15,31H2,1-3H3,(H,37,38)/t23?,24?,25-/m0/s1. The molecule has 0 spiro atoms. The molecule has 0 aliphatic heterocycles. The molecule has 4 rings (SSSR count). The highest BCUT2D eigenvalue weighted by atomic mass is 32.2.